The van der Waals surface area contributed by atoms with Crippen molar-refractivity contribution in [2.75, 3.05) is 6.54 Å². The van der Waals surface area contributed by atoms with E-state index in [1.165, 1.54) is 30.9 Å². The van der Waals surface area contributed by atoms with Crippen molar-refractivity contribution in [1.29, 1.82) is 0 Å². The highest BCUT2D eigenvalue weighted by Crippen LogP contribution is 2.18. The summed E-state index contributed by atoms with van der Waals surface area (Å²) in [7, 11) is 0. The van der Waals surface area contributed by atoms with Crippen molar-refractivity contribution in [2.24, 2.45) is 0 Å². The molecule has 0 spiro atoms. The minimum absolute atomic E-state index is 0.114. The molecule has 2 aromatic rings. The Morgan fingerprint density at radius 2 is 2.14 bits per heavy atom. The van der Waals surface area contributed by atoms with Crippen molar-refractivity contribution < 1.29 is 4.79 Å². The van der Waals surface area contributed by atoms with Crippen molar-refractivity contribution in [3.8, 4) is 0 Å². The molecule has 4 heteroatoms. The molecular weight excluding hydrogens is 274 g/mol. The van der Waals surface area contributed by atoms with E-state index in [1.807, 2.05) is 6.07 Å². The number of para-hydroxylation sites is 2. The molecule has 0 saturated heterocycles. The first-order valence-electron chi connectivity index (χ1n) is 8.10. The number of hydrogen-bond donors (Lipinski definition) is 1. The van der Waals surface area contributed by atoms with Crippen LogP contribution in [0.2, 0.25) is 0 Å². The molecule has 1 amide bonds. The summed E-state index contributed by atoms with van der Waals surface area (Å²) in [6.45, 7) is 7.34. The lowest BCUT2D eigenvalue weighted by atomic mass is 10.2. The summed E-state index contributed by atoms with van der Waals surface area (Å²) >= 11 is 0. The number of rotatable bonds is 9. The van der Waals surface area contributed by atoms with Crippen LogP contribution in [-0.2, 0) is 17.8 Å². The van der Waals surface area contributed by atoms with Crippen LogP contribution in [0, 0.1) is 0 Å². The van der Waals surface area contributed by atoms with Gasteiger partial charge in [0.1, 0.15) is 5.82 Å². The number of fused-ring (bicyclic) bond motifs is 1. The van der Waals surface area contributed by atoms with Gasteiger partial charge in [-0.25, -0.2) is 4.98 Å². The molecule has 0 aliphatic heterocycles. The van der Waals surface area contributed by atoms with E-state index in [1.54, 1.807) is 0 Å². The molecule has 118 valence electrons. The van der Waals surface area contributed by atoms with E-state index < -0.39 is 0 Å². The fourth-order valence-electron chi connectivity index (χ4n) is 2.62. The smallest absolute Gasteiger partial charge is 0.243 e. The van der Waals surface area contributed by atoms with Gasteiger partial charge in [0.05, 0.1) is 11.0 Å². The number of nitrogens with zero attached hydrogens (tertiary/aromatic N) is 2. The molecule has 1 heterocycles. The number of carbonyl (C=O) groups is 1. The topological polar surface area (TPSA) is 46.9 Å². The Bertz CT molecular complexity index is 630. The van der Waals surface area contributed by atoms with Crippen LogP contribution in [0.5, 0.6) is 0 Å². The molecule has 0 atom stereocenters. The van der Waals surface area contributed by atoms with Gasteiger partial charge in [0, 0.05) is 19.5 Å². The molecule has 1 aromatic carbocycles. The predicted octanol–water partition coefficient (Wildman–Crippen LogP) is 3.46. The first kappa shape index (κ1) is 16.3. The second kappa shape index (κ2) is 8.37. The second-order valence-electron chi connectivity index (χ2n) is 5.47. The van der Waals surface area contributed by atoms with E-state index in [0.29, 0.717) is 6.54 Å². The molecule has 0 aliphatic carbocycles. The maximum atomic E-state index is 11.2. The lowest BCUT2D eigenvalue weighted by molar-refractivity contribution is -0.116. The molecular formula is C18H25N3O. The minimum Gasteiger partial charge on any atom is -0.353 e. The van der Waals surface area contributed by atoms with Crippen molar-refractivity contribution in [1.82, 2.24) is 14.9 Å². The number of benzene rings is 1. The number of carbonyl (C=O) groups excluding carboxylic acids is 1. The van der Waals surface area contributed by atoms with Gasteiger partial charge in [-0.15, -0.1) is 0 Å². The summed E-state index contributed by atoms with van der Waals surface area (Å²) in [5.41, 5.74) is 2.27. The van der Waals surface area contributed by atoms with Crippen LogP contribution >= 0.6 is 0 Å². The summed E-state index contributed by atoms with van der Waals surface area (Å²) in [4.78, 5) is 15.9. The zero-order chi connectivity index (χ0) is 15.8. The van der Waals surface area contributed by atoms with Crippen LogP contribution in [0.4, 0.5) is 0 Å². The van der Waals surface area contributed by atoms with Gasteiger partial charge in [0.2, 0.25) is 5.91 Å². The molecule has 1 N–H and O–H groups in total. The molecule has 0 aliphatic rings. The quantitative estimate of drug-likeness (QED) is 0.569. The van der Waals surface area contributed by atoms with Gasteiger partial charge in [0.15, 0.2) is 0 Å². The number of amides is 1. The van der Waals surface area contributed by atoms with Crippen molar-refractivity contribution in [3.05, 3.63) is 42.7 Å². The summed E-state index contributed by atoms with van der Waals surface area (Å²) in [5, 5.41) is 2.81. The Morgan fingerprint density at radius 3 is 2.91 bits per heavy atom. The first-order valence-corrected chi connectivity index (χ1v) is 8.10. The third-order valence-electron chi connectivity index (χ3n) is 3.78. The van der Waals surface area contributed by atoms with Gasteiger partial charge in [0.25, 0.3) is 0 Å². The lowest BCUT2D eigenvalue weighted by Gasteiger charge is -2.09. The van der Waals surface area contributed by atoms with E-state index in [2.05, 4.69) is 41.6 Å². The number of aromatic nitrogens is 2. The second-order valence-corrected chi connectivity index (χ2v) is 5.47. The molecule has 22 heavy (non-hydrogen) atoms. The Kier molecular flexibility index (Phi) is 6.19. The highest BCUT2D eigenvalue weighted by atomic mass is 16.1. The molecule has 0 bridgehead atoms. The Balaban J connectivity index is 2.04. The van der Waals surface area contributed by atoms with Crippen LogP contribution in [0.3, 0.4) is 0 Å². The number of imidazole rings is 1. The van der Waals surface area contributed by atoms with Gasteiger partial charge in [-0.05, 0) is 31.1 Å². The van der Waals surface area contributed by atoms with Gasteiger partial charge >= 0.3 is 0 Å². The highest BCUT2D eigenvalue weighted by molar-refractivity contribution is 5.86. The van der Waals surface area contributed by atoms with E-state index in [-0.39, 0.29) is 5.91 Å². The zero-order valence-corrected chi connectivity index (χ0v) is 13.3. The lowest BCUT2D eigenvalue weighted by Crippen LogP contribution is -2.22. The molecule has 2 rings (SSSR count). The fourth-order valence-corrected chi connectivity index (χ4v) is 2.62. The molecule has 0 fully saturated rings. The summed E-state index contributed by atoms with van der Waals surface area (Å²) in [5.74, 6) is 1.00. The predicted molar refractivity (Wildman–Crippen MR) is 90.8 cm³/mol. The minimum atomic E-state index is -0.114. The van der Waals surface area contributed by atoms with Gasteiger partial charge < -0.3 is 9.88 Å². The average Bonchev–Trinajstić information content (AvgIpc) is 2.89. The normalized spacial score (nSPS) is 10.8. The van der Waals surface area contributed by atoms with Crippen molar-refractivity contribution >= 4 is 16.9 Å². The fraction of sp³-hybridized carbons (Fsp3) is 0.444. The van der Waals surface area contributed by atoms with Crippen LogP contribution < -0.4 is 5.32 Å². The van der Waals surface area contributed by atoms with Crippen molar-refractivity contribution in [3.63, 3.8) is 0 Å². The summed E-state index contributed by atoms with van der Waals surface area (Å²) in [6, 6.07) is 8.29. The van der Waals surface area contributed by atoms with Crippen LogP contribution in [0.25, 0.3) is 11.0 Å². The van der Waals surface area contributed by atoms with Crippen molar-refractivity contribution in [2.45, 2.75) is 45.6 Å². The van der Waals surface area contributed by atoms with E-state index in [4.69, 9.17) is 4.98 Å². The molecule has 4 nitrogen and oxygen atoms in total. The molecule has 0 saturated carbocycles. The van der Waals surface area contributed by atoms with Crippen LogP contribution in [0.1, 0.15) is 38.4 Å². The Hall–Kier alpha value is -2.10. The largest absolute Gasteiger partial charge is 0.353 e. The highest BCUT2D eigenvalue weighted by Gasteiger charge is 2.09. The average molecular weight is 299 g/mol. The van der Waals surface area contributed by atoms with Gasteiger partial charge in [-0.2, -0.15) is 0 Å². The Labute approximate surface area is 132 Å². The number of hydrogen-bond acceptors (Lipinski definition) is 2. The maximum absolute atomic E-state index is 11.2. The van der Waals surface area contributed by atoms with Crippen LogP contribution in [-0.4, -0.2) is 22.0 Å². The third kappa shape index (κ3) is 4.20. The first-order chi connectivity index (χ1) is 10.8. The molecule has 0 radical (unpaired) electrons. The number of unbranched alkanes of at least 4 members (excludes halogenated alkanes) is 2. The SMILES string of the molecule is C=CC(=O)NCCCc1nc2ccccc2n1CCCCC. The maximum Gasteiger partial charge on any atom is 0.243 e. The molecule has 1 aromatic heterocycles. The summed E-state index contributed by atoms with van der Waals surface area (Å²) < 4.78 is 2.33. The standard InChI is InChI=1S/C18H25N3O/c1-3-5-8-14-21-16-11-7-6-10-15(16)20-17(21)12-9-13-19-18(22)4-2/h4,6-7,10-11H,2-3,5,8-9,12-14H2,1H3,(H,19,22). The third-order valence-corrected chi connectivity index (χ3v) is 3.78. The monoisotopic (exact) mass is 299 g/mol. The van der Waals surface area contributed by atoms with Gasteiger partial charge in [-0.3, -0.25) is 4.79 Å². The van der Waals surface area contributed by atoms with E-state index in [0.717, 1.165) is 30.7 Å². The van der Waals surface area contributed by atoms with E-state index in [9.17, 15) is 4.79 Å². The number of aryl methyl sites for hydroxylation is 2. The Morgan fingerprint density at radius 1 is 1.32 bits per heavy atom. The van der Waals surface area contributed by atoms with Crippen LogP contribution in [0.15, 0.2) is 36.9 Å². The molecule has 0 unspecified atom stereocenters. The number of nitrogens with one attached hydrogen (secondary N) is 1. The van der Waals surface area contributed by atoms with E-state index >= 15 is 0 Å². The summed E-state index contributed by atoms with van der Waals surface area (Å²) in [6.07, 6.45) is 6.70. The van der Waals surface area contributed by atoms with Gasteiger partial charge in [-0.1, -0.05) is 38.5 Å². The zero-order valence-electron chi connectivity index (χ0n) is 13.3.